The molecular weight excluding hydrogens is 391 g/mol. The van der Waals surface area contributed by atoms with Gasteiger partial charge in [0.2, 0.25) is 0 Å². The molecule has 28 heavy (non-hydrogen) atoms. The molecule has 0 aliphatic heterocycles. The van der Waals surface area contributed by atoms with Crippen molar-refractivity contribution >= 4 is 40.0 Å². The molecule has 4 aromatic rings. The molecule has 3 heterocycles. The van der Waals surface area contributed by atoms with Crippen LogP contribution >= 0.6 is 23.2 Å². The van der Waals surface area contributed by atoms with Crippen molar-refractivity contribution < 1.29 is 0 Å². The Balaban J connectivity index is 2.03. The highest BCUT2D eigenvalue weighted by molar-refractivity contribution is 6.36. The van der Waals surface area contributed by atoms with Gasteiger partial charge in [-0.05, 0) is 38.0 Å². The van der Waals surface area contributed by atoms with Crippen molar-refractivity contribution in [2.45, 2.75) is 52.5 Å². The number of rotatable bonds is 6. The molecule has 1 aromatic carbocycles. The molecule has 0 spiro atoms. The number of halogens is 2. The Labute approximate surface area is 174 Å². The first-order valence-electron chi connectivity index (χ1n) is 9.82. The van der Waals surface area contributed by atoms with Gasteiger partial charge >= 0.3 is 0 Å². The summed E-state index contributed by atoms with van der Waals surface area (Å²) < 4.78 is 4.30. The fourth-order valence-corrected chi connectivity index (χ4v) is 4.74. The van der Waals surface area contributed by atoms with Crippen molar-refractivity contribution in [1.29, 1.82) is 5.41 Å². The molecule has 3 aromatic heterocycles. The summed E-state index contributed by atoms with van der Waals surface area (Å²) in [5.41, 5.74) is 6.05. The first-order chi connectivity index (χ1) is 13.5. The van der Waals surface area contributed by atoms with E-state index in [2.05, 4.69) is 28.9 Å². The predicted molar refractivity (Wildman–Crippen MR) is 117 cm³/mol. The highest BCUT2D eigenvalue weighted by atomic mass is 35.5. The molecule has 0 radical (unpaired) electrons. The van der Waals surface area contributed by atoms with Crippen LogP contribution in [-0.4, -0.2) is 14.0 Å². The lowest BCUT2D eigenvalue weighted by Gasteiger charge is -2.19. The van der Waals surface area contributed by atoms with Gasteiger partial charge < -0.3 is 4.57 Å². The van der Waals surface area contributed by atoms with E-state index < -0.39 is 0 Å². The molecule has 0 fully saturated rings. The second-order valence-corrected chi connectivity index (χ2v) is 8.28. The smallest absolute Gasteiger partial charge is 0.151 e. The van der Waals surface area contributed by atoms with Gasteiger partial charge in [-0.15, -0.1) is 0 Å². The summed E-state index contributed by atoms with van der Waals surface area (Å²) in [7, 11) is 0. The summed E-state index contributed by atoms with van der Waals surface area (Å²) >= 11 is 12.6. The Bertz CT molecular complexity index is 1200. The van der Waals surface area contributed by atoms with Crippen LogP contribution in [-0.2, 0) is 0 Å². The van der Waals surface area contributed by atoms with E-state index >= 15 is 0 Å². The van der Waals surface area contributed by atoms with Crippen LogP contribution in [0.3, 0.4) is 0 Å². The number of hydrogen-bond acceptors (Lipinski definition) is 2. The van der Waals surface area contributed by atoms with Crippen LogP contribution in [0.1, 0.15) is 51.3 Å². The lowest BCUT2D eigenvalue weighted by Crippen LogP contribution is -2.21. The summed E-state index contributed by atoms with van der Waals surface area (Å²) in [6, 6.07) is 9.97. The number of aryl methyl sites for hydroxylation is 1. The van der Waals surface area contributed by atoms with Crippen molar-refractivity contribution in [2.24, 2.45) is 0 Å². The molecule has 4 nitrogen and oxygen atoms in total. The second-order valence-electron chi connectivity index (χ2n) is 7.43. The molecule has 4 rings (SSSR count). The molecule has 0 saturated heterocycles. The minimum atomic E-state index is 0.329. The van der Waals surface area contributed by atoms with E-state index in [4.69, 9.17) is 33.6 Å². The molecule has 0 atom stereocenters. The molecule has 0 bridgehead atoms. The Kier molecular flexibility index (Phi) is 5.11. The van der Waals surface area contributed by atoms with E-state index in [0.29, 0.717) is 21.6 Å². The van der Waals surface area contributed by atoms with Crippen LogP contribution in [0.2, 0.25) is 10.0 Å². The minimum absolute atomic E-state index is 0.329. The minimum Gasteiger partial charge on any atom is -0.308 e. The Morgan fingerprint density at radius 3 is 2.39 bits per heavy atom. The molecule has 146 valence electrons. The SMILES string of the molecule is CCCC(CCC)n1c(=N)c2cc(-c3ccc(Cl)cc3Cl)c3nc(C)cc1n32. The number of nitrogens with one attached hydrogen (secondary N) is 1. The van der Waals surface area contributed by atoms with Crippen LogP contribution in [0.4, 0.5) is 0 Å². The Hall–Kier alpha value is -2.04. The highest BCUT2D eigenvalue weighted by Crippen LogP contribution is 2.36. The third-order valence-corrected chi connectivity index (χ3v) is 5.93. The lowest BCUT2D eigenvalue weighted by molar-refractivity contribution is 0.424. The number of hydrogen-bond donors (Lipinski definition) is 1. The third-order valence-electron chi connectivity index (χ3n) is 5.38. The first kappa shape index (κ1) is 19.3. The average molecular weight is 415 g/mol. The standard InChI is InChI=1S/C22H24Cl2N4/c1-4-6-15(7-5-2)27-20-10-13(3)26-22-17(12-19(21(27)25)28(20)22)16-9-8-14(23)11-18(16)24/h8-12,15,25H,4-7H2,1-3H3. The molecule has 0 aliphatic carbocycles. The number of imidazole rings is 1. The van der Waals surface area contributed by atoms with Crippen LogP contribution in [0.15, 0.2) is 30.3 Å². The zero-order valence-electron chi connectivity index (χ0n) is 16.4. The molecule has 6 heteroatoms. The Morgan fingerprint density at radius 1 is 1.04 bits per heavy atom. The van der Waals surface area contributed by atoms with Crippen molar-refractivity contribution in [3.8, 4) is 11.1 Å². The van der Waals surface area contributed by atoms with Gasteiger partial charge in [-0.2, -0.15) is 0 Å². The summed E-state index contributed by atoms with van der Waals surface area (Å²) in [6.07, 6.45) is 4.34. The van der Waals surface area contributed by atoms with Gasteiger partial charge in [-0.25, -0.2) is 4.98 Å². The van der Waals surface area contributed by atoms with Gasteiger partial charge in [0.25, 0.3) is 0 Å². The lowest BCUT2D eigenvalue weighted by atomic mass is 10.1. The van der Waals surface area contributed by atoms with Gasteiger partial charge in [0.1, 0.15) is 11.3 Å². The molecule has 0 amide bonds. The second kappa shape index (κ2) is 7.41. The first-order valence-corrected chi connectivity index (χ1v) is 10.6. The summed E-state index contributed by atoms with van der Waals surface area (Å²) in [4.78, 5) is 4.81. The highest BCUT2D eigenvalue weighted by Gasteiger charge is 2.23. The normalized spacial score (nSPS) is 12.1. The topological polar surface area (TPSA) is 46.1 Å². The van der Waals surface area contributed by atoms with E-state index in [1.165, 1.54) is 0 Å². The summed E-state index contributed by atoms with van der Waals surface area (Å²) in [5.74, 6) is 0. The fraction of sp³-hybridized carbons (Fsp3) is 0.364. The number of nitrogens with zero attached hydrogens (tertiary/aromatic N) is 3. The van der Waals surface area contributed by atoms with Crippen LogP contribution < -0.4 is 5.49 Å². The monoisotopic (exact) mass is 414 g/mol. The summed E-state index contributed by atoms with van der Waals surface area (Å²) in [6.45, 7) is 6.42. The fourth-order valence-electron chi connectivity index (χ4n) is 4.23. The molecule has 1 N–H and O–H groups in total. The molecule has 0 aliphatic rings. The van der Waals surface area contributed by atoms with Gasteiger partial charge in [-0.3, -0.25) is 9.81 Å². The maximum Gasteiger partial charge on any atom is 0.151 e. The average Bonchev–Trinajstić information content (AvgIpc) is 3.13. The number of aromatic nitrogens is 3. The Morgan fingerprint density at radius 2 is 1.75 bits per heavy atom. The molecular formula is C22H24Cl2N4. The zero-order valence-corrected chi connectivity index (χ0v) is 17.9. The van der Waals surface area contributed by atoms with Crippen LogP contribution in [0.5, 0.6) is 0 Å². The van der Waals surface area contributed by atoms with Crippen molar-refractivity contribution in [3.05, 3.63) is 51.6 Å². The van der Waals surface area contributed by atoms with Gasteiger partial charge in [0.15, 0.2) is 5.49 Å². The molecule has 0 unspecified atom stereocenters. The van der Waals surface area contributed by atoms with Crippen molar-refractivity contribution in [2.75, 3.05) is 0 Å². The number of benzene rings is 1. The maximum absolute atomic E-state index is 8.92. The predicted octanol–water partition coefficient (Wildman–Crippen LogP) is 6.63. The van der Waals surface area contributed by atoms with Crippen LogP contribution in [0, 0.1) is 12.3 Å². The van der Waals surface area contributed by atoms with Gasteiger partial charge in [-0.1, -0.05) is 56.0 Å². The maximum atomic E-state index is 8.92. The van der Waals surface area contributed by atoms with E-state index in [1.807, 2.05) is 25.1 Å². The van der Waals surface area contributed by atoms with E-state index in [-0.39, 0.29) is 0 Å². The summed E-state index contributed by atoms with van der Waals surface area (Å²) in [5, 5.41) is 10.1. The van der Waals surface area contributed by atoms with Crippen molar-refractivity contribution in [1.82, 2.24) is 14.0 Å². The van der Waals surface area contributed by atoms with E-state index in [1.54, 1.807) is 6.07 Å². The van der Waals surface area contributed by atoms with Gasteiger partial charge in [0.05, 0.1) is 10.5 Å². The zero-order chi connectivity index (χ0) is 20.0. The van der Waals surface area contributed by atoms with Crippen molar-refractivity contribution in [3.63, 3.8) is 0 Å². The third kappa shape index (κ3) is 2.99. The van der Waals surface area contributed by atoms with Gasteiger partial charge in [0, 0.05) is 34.0 Å². The van der Waals surface area contributed by atoms with Crippen LogP contribution in [0.25, 0.3) is 27.9 Å². The van der Waals surface area contributed by atoms with E-state index in [9.17, 15) is 0 Å². The largest absolute Gasteiger partial charge is 0.308 e. The quantitative estimate of drug-likeness (QED) is 0.377. The van der Waals surface area contributed by atoms with E-state index in [0.717, 1.165) is 59.3 Å². The molecule has 0 saturated carbocycles.